The first kappa shape index (κ1) is 71.5. The molecular formula is C64H77N27Na2O13P2. The Bertz CT molecular complexity index is 5490. The van der Waals surface area contributed by atoms with E-state index in [4.69, 9.17) is 21.4 Å². The molecule has 0 spiro atoms. The third-order valence-electron chi connectivity index (χ3n) is 15.5. The Morgan fingerprint density at radius 2 is 0.963 bits per heavy atom. The molecule has 3 aliphatic carbocycles. The SMILES string of the molecule is [2H]C([2H])([2H])NC(=O)c1nn(COP(=O)([O-])[O-])c(NC(=O)C2CC2)cc1=Nc1nccc(-c2cnn(C)n2)c1C.[2H]C([2H])([2H])NC(=O)c1nn(COP(C)(=O)OC(C)(C)C)c(NC(=O)C2CC2)cc1=Nc1nccc(-c2cnn(C)n2)c1C.[2H]C([2H])([2H])NC(=O)c1nnc(NC(=O)C2CC2)cc1Nc1nccc(-c2cnn(C)n2)c1C.[Na+].[Na+]. The summed E-state index contributed by atoms with van der Waals surface area (Å²) in [6.07, 6.45) is 13.6. The summed E-state index contributed by atoms with van der Waals surface area (Å²) in [5, 5.41) is 57.4. The van der Waals surface area contributed by atoms with E-state index < -0.39 is 90.4 Å². The molecule has 108 heavy (non-hydrogen) atoms. The summed E-state index contributed by atoms with van der Waals surface area (Å²) in [5.74, 6) is -3.91. The van der Waals surface area contributed by atoms with Crippen LogP contribution in [-0.4, -0.2) is 158 Å². The quantitative estimate of drug-likeness (QED) is 0.0257. The van der Waals surface area contributed by atoms with Gasteiger partial charge in [-0.25, -0.2) is 34.3 Å². The number of phosphoric ester groups is 1. The minimum atomic E-state index is -5.48. The largest absolute Gasteiger partial charge is 1.00 e. The first-order valence-electron chi connectivity index (χ1n) is 36.7. The summed E-state index contributed by atoms with van der Waals surface area (Å²) < 4.78 is 108. The molecule has 9 heterocycles. The molecule has 0 aromatic carbocycles. The van der Waals surface area contributed by atoms with Gasteiger partial charge in [0.1, 0.15) is 52.0 Å². The second-order valence-electron chi connectivity index (χ2n) is 25.1. The average molecular weight is 1550 g/mol. The van der Waals surface area contributed by atoms with Gasteiger partial charge in [-0.05, 0) is 98.3 Å². The zero-order chi connectivity index (χ0) is 84.0. The third-order valence-corrected chi connectivity index (χ3v) is 17.4. The van der Waals surface area contributed by atoms with Crippen molar-refractivity contribution in [1.29, 1.82) is 0 Å². The van der Waals surface area contributed by atoms with E-state index in [1.807, 2.05) is 17.6 Å². The minimum Gasteiger partial charge on any atom is -0.790 e. The number of carbonyl (C=O) groups is 6. The first-order chi connectivity index (χ1) is 53.7. The maximum atomic E-state index is 13.2. The molecule has 44 heteroatoms. The Hall–Kier alpha value is -9.41. The van der Waals surface area contributed by atoms with Gasteiger partial charge in [-0.3, -0.25) is 37.9 Å². The second kappa shape index (κ2) is 36.2. The van der Waals surface area contributed by atoms with E-state index >= 15 is 0 Å². The molecule has 3 saturated carbocycles. The van der Waals surface area contributed by atoms with Crippen LogP contribution in [0.4, 0.5) is 40.6 Å². The molecule has 0 radical (unpaired) electrons. The molecule has 9 aromatic rings. The number of hydrogen-bond acceptors (Lipinski definition) is 29. The Morgan fingerprint density at radius 1 is 0.565 bits per heavy atom. The standard InChI is InChI=1S/C25H34N9O5P.C20H24N9O6P.C19H21N9O2.2Na/c1-15-17(19-13-28-33(6)31-19)10-11-27-22(15)29-18-12-20(30-23(35)16-8-9-16)34(32-21(18)24(36)26-5)14-38-40(7,37)39-25(2,3)4;1-11-13(15-9-23-28(3)26-15)6-7-22-18(11)24-14-8-16(25-19(30)12-4-5-12)29(10-35-36(32,33)34)27-17(14)20(31)21-2;1-10-12(14-9-22-28(3)27-14)6-7-21-17(10)23-13-8-15(24-18(29)11-4-5-11)25-26-16(13)19(30)20-2;;/h10-13,16H,8-9,14H2,1-7H3,(H,26,36)(H,30,35);6-9,12H,4-5,10H2,1-3H3,(H,21,31)(H,25,30)(H2,32,33,34);6-9,11H,4-5H2,1-3H3,(H,20,30)(H2,21,23,24,25,29);;/q;;;2*+1/p-2/i5D3;2*2D3;;. The summed E-state index contributed by atoms with van der Waals surface area (Å²) in [5.41, 5.74) is 3.73. The van der Waals surface area contributed by atoms with Gasteiger partial charge >= 0.3 is 66.7 Å². The number of nitrogens with zero attached hydrogens (tertiary/aromatic N) is 20. The van der Waals surface area contributed by atoms with Gasteiger partial charge in [0.15, 0.2) is 41.3 Å². The molecule has 558 valence electrons. The molecule has 3 aliphatic rings. The van der Waals surface area contributed by atoms with Gasteiger partial charge in [0.2, 0.25) is 17.7 Å². The molecule has 40 nitrogen and oxygen atoms in total. The number of aromatic nitrogens is 18. The summed E-state index contributed by atoms with van der Waals surface area (Å²) in [6.45, 7) is 1.71. The summed E-state index contributed by atoms with van der Waals surface area (Å²) in [4.78, 5) is 124. The number of rotatable bonds is 23. The Balaban J connectivity index is 0.000000219. The van der Waals surface area contributed by atoms with E-state index in [9.17, 15) is 47.7 Å². The minimum absolute atomic E-state index is 0. The molecule has 3 fully saturated rings. The van der Waals surface area contributed by atoms with E-state index in [-0.39, 0.29) is 140 Å². The molecule has 6 amide bonds. The summed E-state index contributed by atoms with van der Waals surface area (Å²) in [7, 11) is -4.08. The van der Waals surface area contributed by atoms with Crippen LogP contribution in [0.3, 0.4) is 0 Å². The van der Waals surface area contributed by atoms with Crippen molar-refractivity contribution in [2.45, 2.75) is 99.1 Å². The van der Waals surface area contributed by atoms with Gasteiger partial charge < -0.3 is 60.6 Å². The predicted octanol–water partition coefficient (Wildman–Crippen LogP) is -2.50. The maximum Gasteiger partial charge on any atom is 1.00 e. The smallest absolute Gasteiger partial charge is 0.790 e. The van der Waals surface area contributed by atoms with Crippen molar-refractivity contribution in [2.24, 2.45) is 48.9 Å². The molecule has 1 atom stereocenters. The zero-order valence-corrected chi connectivity index (χ0v) is 66.3. The fourth-order valence-electron chi connectivity index (χ4n) is 9.84. The van der Waals surface area contributed by atoms with Gasteiger partial charge in [0, 0.05) is 149 Å². The molecular weight excluding hydrogens is 1460 g/mol. The van der Waals surface area contributed by atoms with Crippen LogP contribution in [0.1, 0.15) is 120 Å². The van der Waals surface area contributed by atoms with Crippen LogP contribution in [0, 0.1) is 38.5 Å². The van der Waals surface area contributed by atoms with Crippen LogP contribution >= 0.6 is 15.4 Å². The predicted molar refractivity (Wildman–Crippen MR) is 376 cm³/mol. The maximum absolute atomic E-state index is 13.2. The van der Waals surface area contributed by atoms with Crippen LogP contribution in [-0.2, 0) is 71.7 Å². The van der Waals surface area contributed by atoms with E-state index in [1.165, 1.54) is 57.8 Å². The van der Waals surface area contributed by atoms with Crippen LogP contribution in [0.25, 0.3) is 33.8 Å². The Labute approximate surface area is 674 Å². The topological polar surface area (TPSA) is 512 Å². The number of phosphoric acid groups is 1. The van der Waals surface area contributed by atoms with Gasteiger partial charge in [0.25, 0.3) is 17.7 Å². The van der Waals surface area contributed by atoms with E-state index in [0.717, 1.165) is 27.8 Å². The second-order valence-corrected chi connectivity index (χ2v) is 28.2. The van der Waals surface area contributed by atoms with Crippen molar-refractivity contribution in [3.05, 3.63) is 118 Å². The van der Waals surface area contributed by atoms with Gasteiger partial charge in [-0.15, -0.1) is 10.2 Å². The zero-order valence-electron chi connectivity index (χ0n) is 69.5. The number of aryl methyl sites for hydroxylation is 3. The molecule has 12 rings (SSSR count). The van der Waals surface area contributed by atoms with Crippen molar-refractivity contribution < 1.29 is 133 Å². The molecule has 0 aliphatic heterocycles. The number of pyridine rings is 3. The van der Waals surface area contributed by atoms with E-state index in [0.29, 0.717) is 76.4 Å². The molecule has 7 N–H and O–H groups in total. The van der Waals surface area contributed by atoms with Gasteiger partial charge in [0.05, 0.1) is 37.7 Å². The number of carbonyl (C=O) groups excluding carboxylic acids is 6. The molecule has 0 saturated heterocycles. The molecule has 9 aromatic heterocycles. The van der Waals surface area contributed by atoms with Crippen LogP contribution < -0.4 is 117 Å². The monoisotopic (exact) mass is 1550 g/mol. The van der Waals surface area contributed by atoms with Crippen LogP contribution in [0.15, 0.2) is 83.6 Å². The van der Waals surface area contributed by atoms with Crippen molar-refractivity contribution in [2.75, 3.05) is 48.9 Å². The van der Waals surface area contributed by atoms with Crippen LogP contribution in [0.5, 0.6) is 0 Å². The third kappa shape index (κ3) is 22.6. The first-order valence-corrected chi connectivity index (χ1v) is 35.6. The van der Waals surface area contributed by atoms with Crippen LogP contribution in [0.2, 0.25) is 0 Å². The average Bonchev–Trinajstić information content (AvgIpc) is 1.74. The molecule has 1 unspecified atom stereocenters. The van der Waals surface area contributed by atoms with Gasteiger partial charge in [-0.1, -0.05) is 0 Å². The van der Waals surface area contributed by atoms with Crippen molar-refractivity contribution >= 4 is 91.5 Å². The van der Waals surface area contributed by atoms with Gasteiger partial charge in [-0.2, -0.15) is 55.2 Å². The number of amides is 6. The summed E-state index contributed by atoms with van der Waals surface area (Å²) >= 11 is 0. The Morgan fingerprint density at radius 3 is 1.35 bits per heavy atom. The fourth-order valence-corrected chi connectivity index (χ4v) is 11.5. The number of hydrogen-bond donors (Lipinski definition) is 7. The van der Waals surface area contributed by atoms with E-state index in [2.05, 4.69) is 102 Å². The fraction of sp³-hybridized carbons (Fsp3) is 0.391. The van der Waals surface area contributed by atoms with Crippen molar-refractivity contribution in [3.63, 3.8) is 0 Å². The van der Waals surface area contributed by atoms with Crippen molar-refractivity contribution in [1.82, 2.24) is 106 Å². The summed E-state index contributed by atoms with van der Waals surface area (Å²) in [6, 6.07) is 9.13. The normalized spacial score (nSPS) is 15.6. The number of nitrogens with one attached hydrogen (secondary N) is 7. The number of anilines is 5. The molecule has 0 bridgehead atoms. The van der Waals surface area contributed by atoms with E-state index in [1.54, 1.807) is 97.9 Å². The Kier molecular flexibility index (Phi) is 24.0. The van der Waals surface area contributed by atoms with Crippen molar-refractivity contribution in [3.8, 4) is 33.8 Å².